The molecule has 0 saturated carbocycles. The molecule has 0 bridgehead atoms. The van der Waals surface area contributed by atoms with Crippen LogP contribution in [0.15, 0.2) is 40.2 Å². The third-order valence-electron chi connectivity index (χ3n) is 5.63. The quantitative estimate of drug-likeness (QED) is 0.350. The Kier molecular flexibility index (Phi) is 6.36. The van der Waals surface area contributed by atoms with Crippen molar-refractivity contribution in [3.63, 3.8) is 0 Å². The topological polar surface area (TPSA) is 45.1 Å². The van der Waals surface area contributed by atoms with Crippen molar-refractivity contribution in [2.24, 2.45) is 4.99 Å². The Hall–Kier alpha value is -1.61. The maximum Gasteiger partial charge on any atom is 0.410 e. The lowest BCUT2D eigenvalue weighted by atomic mass is 10.1. The Balaban J connectivity index is 1.62. The fourth-order valence-electron chi connectivity index (χ4n) is 3.99. The molecule has 0 radical (unpaired) electrons. The number of ether oxygens (including phenoxy) is 1. The van der Waals surface area contributed by atoms with E-state index in [1.54, 1.807) is 0 Å². The van der Waals surface area contributed by atoms with Gasteiger partial charge in [-0.15, -0.1) is 0 Å². The zero-order chi connectivity index (χ0) is 22.3. The number of aryl methyl sites for hydroxylation is 2. The predicted molar refractivity (Wildman–Crippen MR) is 137 cm³/mol. The van der Waals surface area contributed by atoms with Crippen molar-refractivity contribution in [1.82, 2.24) is 4.90 Å². The van der Waals surface area contributed by atoms with Crippen molar-refractivity contribution in [2.75, 3.05) is 31.1 Å². The minimum atomic E-state index is -0.461. The molecule has 2 aromatic rings. The smallest absolute Gasteiger partial charge is 0.410 e. The molecular formula is C24H30IN3O2S. The zero-order valence-corrected chi connectivity index (χ0v) is 21.8. The van der Waals surface area contributed by atoms with E-state index in [1.807, 2.05) is 25.7 Å². The predicted octanol–water partition coefficient (Wildman–Crippen LogP) is 5.81. The number of nitrogens with zero attached hydrogens (tertiary/aromatic N) is 3. The standard InChI is InChI=1S/C24H30IN3O2S/c1-6-17-14-18(27-10-12-28(13-11-27)23(29)30-24(3,4)5)15-20-22(17)26-21-16(2)8-7-9-19(21)31(20)25/h7-9,14-15H,6,10-13H2,1-5H3. The van der Waals surface area contributed by atoms with E-state index >= 15 is 0 Å². The Labute approximate surface area is 199 Å². The number of para-hydroxylation sites is 1. The van der Waals surface area contributed by atoms with Crippen LogP contribution in [0.2, 0.25) is 0 Å². The number of piperazine rings is 1. The molecule has 1 unspecified atom stereocenters. The highest BCUT2D eigenvalue weighted by Gasteiger charge is 2.27. The largest absolute Gasteiger partial charge is 0.444 e. The fraction of sp³-hybridized carbons (Fsp3) is 0.458. The van der Waals surface area contributed by atoms with Gasteiger partial charge in [-0.25, -0.2) is 9.79 Å². The number of carbonyl (C=O) groups is 1. The third kappa shape index (κ3) is 4.62. The van der Waals surface area contributed by atoms with E-state index in [0.29, 0.717) is 13.1 Å². The van der Waals surface area contributed by atoms with Crippen LogP contribution >= 0.6 is 28.9 Å². The van der Waals surface area contributed by atoms with Crippen LogP contribution in [0.1, 0.15) is 38.8 Å². The number of rotatable bonds is 2. The molecule has 2 aliphatic rings. The van der Waals surface area contributed by atoms with Crippen molar-refractivity contribution >= 4 is 46.3 Å². The van der Waals surface area contributed by atoms with E-state index in [0.717, 1.165) is 30.6 Å². The summed E-state index contributed by atoms with van der Waals surface area (Å²) >= 11 is 2.58. The van der Waals surface area contributed by atoms with E-state index in [1.165, 1.54) is 26.2 Å². The van der Waals surface area contributed by atoms with Gasteiger partial charge in [0.25, 0.3) is 0 Å². The van der Waals surface area contributed by atoms with Crippen LogP contribution in [0.3, 0.4) is 0 Å². The number of amides is 1. The zero-order valence-electron chi connectivity index (χ0n) is 18.9. The van der Waals surface area contributed by atoms with E-state index < -0.39 is 5.60 Å². The third-order valence-corrected chi connectivity index (χ3v) is 9.89. The molecule has 0 aliphatic carbocycles. The number of fused-ring (bicyclic) bond motifs is 2. The van der Waals surface area contributed by atoms with Crippen molar-refractivity contribution in [2.45, 2.75) is 51.5 Å². The molecule has 7 heteroatoms. The molecule has 166 valence electrons. The number of carbonyl (C=O) groups excluding carboxylic acids is 1. The molecule has 5 nitrogen and oxygen atoms in total. The molecule has 2 aliphatic heterocycles. The van der Waals surface area contributed by atoms with Gasteiger partial charge in [0.05, 0.1) is 11.0 Å². The summed E-state index contributed by atoms with van der Waals surface area (Å²) in [6.07, 6.45) is 0.735. The molecule has 1 amide bonds. The van der Waals surface area contributed by atoms with E-state index in [4.69, 9.17) is 9.73 Å². The second kappa shape index (κ2) is 8.73. The summed E-state index contributed by atoms with van der Waals surface area (Å²) in [5, 5.41) is 1.14. The lowest BCUT2D eigenvalue weighted by Gasteiger charge is -2.37. The summed E-state index contributed by atoms with van der Waals surface area (Å²) < 4.78 is 6.86. The monoisotopic (exact) mass is 551 g/mol. The van der Waals surface area contributed by atoms with E-state index in [2.05, 4.69) is 70.3 Å². The summed E-state index contributed by atoms with van der Waals surface area (Å²) in [6.45, 7) is 13.0. The Morgan fingerprint density at radius 3 is 2.55 bits per heavy atom. The summed E-state index contributed by atoms with van der Waals surface area (Å²) in [4.78, 5) is 23.0. The van der Waals surface area contributed by atoms with Crippen molar-refractivity contribution in [3.05, 3.63) is 51.3 Å². The molecule has 0 N–H and O–H groups in total. The van der Waals surface area contributed by atoms with Crippen LogP contribution in [0.5, 0.6) is 0 Å². The number of hydrogen-bond acceptors (Lipinski definition) is 4. The van der Waals surface area contributed by atoms with Gasteiger partial charge in [-0.3, -0.25) is 0 Å². The van der Waals surface area contributed by atoms with Gasteiger partial charge >= 0.3 is 6.09 Å². The van der Waals surface area contributed by atoms with Gasteiger partial charge in [0.15, 0.2) is 0 Å². The summed E-state index contributed by atoms with van der Waals surface area (Å²) in [7, 11) is -0.0377. The summed E-state index contributed by atoms with van der Waals surface area (Å²) in [6, 6.07) is 11.1. The van der Waals surface area contributed by atoms with Crippen LogP contribution in [0.4, 0.5) is 16.2 Å². The summed E-state index contributed by atoms with van der Waals surface area (Å²) in [5.74, 6) is 0. The first-order valence-corrected chi connectivity index (χ1v) is 14.6. The van der Waals surface area contributed by atoms with Gasteiger partial charge in [-0.2, -0.15) is 0 Å². The average molecular weight is 551 g/mol. The maximum atomic E-state index is 12.4. The van der Waals surface area contributed by atoms with Gasteiger partial charge in [0, 0.05) is 41.3 Å². The molecule has 31 heavy (non-hydrogen) atoms. The van der Waals surface area contributed by atoms with Gasteiger partial charge in [0.2, 0.25) is 0 Å². The van der Waals surface area contributed by atoms with Gasteiger partial charge < -0.3 is 14.5 Å². The van der Waals surface area contributed by atoms with Crippen LogP contribution in [0, 0.1) is 11.4 Å². The van der Waals surface area contributed by atoms with Crippen LogP contribution in [0.25, 0.3) is 0 Å². The normalized spacial score (nSPS) is 18.2. The van der Waals surface area contributed by atoms with Crippen LogP contribution < -0.4 is 10.3 Å². The lowest BCUT2D eigenvalue weighted by molar-refractivity contribution is 0.0240. The molecule has 1 fully saturated rings. The fourth-order valence-corrected chi connectivity index (χ4v) is 7.44. The van der Waals surface area contributed by atoms with Crippen molar-refractivity contribution < 1.29 is 9.53 Å². The summed E-state index contributed by atoms with van der Waals surface area (Å²) in [5.41, 5.74) is 4.46. The molecule has 0 spiro atoms. The van der Waals surface area contributed by atoms with E-state index in [9.17, 15) is 4.79 Å². The molecular weight excluding hydrogens is 521 g/mol. The minimum absolute atomic E-state index is 0.0377. The highest BCUT2D eigenvalue weighted by Crippen LogP contribution is 2.48. The maximum absolute atomic E-state index is 12.4. The van der Waals surface area contributed by atoms with Crippen LogP contribution in [-0.2, 0) is 11.2 Å². The highest BCUT2D eigenvalue weighted by molar-refractivity contribution is 14.2. The number of hydrogen-bond donors (Lipinski definition) is 0. The second-order valence-corrected chi connectivity index (χ2v) is 13.1. The Morgan fingerprint density at radius 2 is 1.90 bits per heavy atom. The Morgan fingerprint density at radius 1 is 1.19 bits per heavy atom. The molecule has 0 aromatic heterocycles. The Bertz CT molecular complexity index is 1150. The van der Waals surface area contributed by atoms with Crippen molar-refractivity contribution in [3.8, 4) is 0 Å². The van der Waals surface area contributed by atoms with Crippen molar-refractivity contribution in [1.29, 1.82) is 0 Å². The number of halogens is 1. The first-order valence-electron chi connectivity index (χ1n) is 10.8. The second-order valence-electron chi connectivity index (χ2n) is 9.05. The number of anilines is 1. The first kappa shape index (κ1) is 22.6. The molecule has 4 rings (SSSR count). The van der Waals surface area contributed by atoms with E-state index in [-0.39, 0.29) is 13.7 Å². The lowest BCUT2D eigenvalue weighted by Crippen LogP contribution is -2.50. The highest BCUT2D eigenvalue weighted by atomic mass is 127. The molecule has 1 atom stereocenters. The van der Waals surface area contributed by atoms with Gasteiger partial charge in [-0.05, 0) is 84.6 Å². The average Bonchev–Trinajstić information content (AvgIpc) is 2.73. The molecule has 2 heterocycles. The van der Waals surface area contributed by atoms with Crippen LogP contribution in [-0.4, -0.2) is 42.8 Å². The minimum Gasteiger partial charge on any atom is -0.444 e. The van der Waals surface area contributed by atoms with Gasteiger partial charge in [-0.1, -0.05) is 26.7 Å². The van der Waals surface area contributed by atoms with Gasteiger partial charge in [0.1, 0.15) is 5.60 Å². The molecule has 1 saturated heterocycles. The molecule has 2 aromatic carbocycles. The number of benzene rings is 2. The first-order chi connectivity index (χ1) is 14.7. The SMILES string of the molecule is CCc1cc(N2CCN(C(=O)OC(C)(C)C)CC2)cc2c1N=c1c(C)cccc1=S2I.